The molecule has 1 fully saturated rings. The van der Waals surface area contributed by atoms with E-state index in [0.717, 1.165) is 25.7 Å². The lowest BCUT2D eigenvalue weighted by molar-refractivity contribution is -0.146. The summed E-state index contributed by atoms with van der Waals surface area (Å²) in [6, 6.07) is 8.78. The predicted octanol–water partition coefficient (Wildman–Crippen LogP) is 3.44. The Balaban J connectivity index is 1.95. The first kappa shape index (κ1) is 12.2. The zero-order valence-corrected chi connectivity index (χ0v) is 10.6. The third kappa shape index (κ3) is 2.87. The number of aryl methyl sites for hydroxylation is 1. The molecule has 1 aliphatic carbocycles. The monoisotopic (exact) mass is 232 g/mol. The van der Waals surface area contributed by atoms with Crippen LogP contribution < -0.4 is 0 Å². The molecule has 2 nitrogen and oxygen atoms in total. The second-order valence-electron chi connectivity index (χ2n) is 4.98. The van der Waals surface area contributed by atoms with Crippen molar-refractivity contribution in [1.29, 1.82) is 0 Å². The van der Waals surface area contributed by atoms with Crippen molar-refractivity contribution < 1.29 is 9.53 Å². The maximum Gasteiger partial charge on any atom is 0.308 e. The third-order valence-electron chi connectivity index (χ3n) is 3.81. The third-order valence-corrected chi connectivity index (χ3v) is 3.81. The summed E-state index contributed by atoms with van der Waals surface area (Å²) in [6.45, 7) is 2.11. The van der Waals surface area contributed by atoms with Gasteiger partial charge in [-0.3, -0.25) is 4.79 Å². The van der Waals surface area contributed by atoms with Crippen LogP contribution in [-0.2, 0) is 9.53 Å². The molecule has 0 N–H and O–H groups in total. The normalized spacial score (nSPS) is 24.4. The highest BCUT2D eigenvalue weighted by Gasteiger charge is 2.27. The van der Waals surface area contributed by atoms with Gasteiger partial charge >= 0.3 is 5.97 Å². The van der Waals surface area contributed by atoms with Crippen molar-refractivity contribution in [1.82, 2.24) is 0 Å². The van der Waals surface area contributed by atoms with Crippen LogP contribution in [0.25, 0.3) is 0 Å². The minimum Gasteiger partial charge on any atom is -0.469 e. The number of hydrogen-bond donors (Lipinski definition) is 0. The average molecular weight is 232 g/mol. The number of rotatable bonds is 2. The van der Waals surface area contributed by atoms with Gasteiger partial charge in [0.1, 0.15) is 0 Å². The molecule has 1 aromatic rings. The van der Waals surface area contributed by atoms with Gasteiger partial charge < -0.3 is 4.74 Å². The number of hydrogen-bond acceptors (Lipinski definition) is 2. The van der Waals surface area contributed by atoms with E-state index in [0.29, 0.717) is 5.92 Å². The molecule has 0 atom stereocenters. The number of benzene rings is 1. The standard InChI is InChI=1S/C15H20O2/c1-11-3-5-12(6-4-11)13-7-9-14(10-8-13)15(16)17-2/h3-6,13-14H,7-10H2,1-2H3. The summed E-state index contributed by atoms with van der Waals surface area (Å²) in [5.74, 6) is 0.713. The van der Waals surface area contributed by atoms with E-state index in [4.69, 9.17) is 4.74 Å². The zero-order valence-electron chi connectivity index (χ0n) is 10.6. The molecule has 0 amide bonds. The van der Waals surface area contributed by atoms with E-state index in [9.17, 15) is 4.79 Å². The molecular formula is C15H20O2. The fraction of sp³-hybridized carbons (Fsp3) is 0.533. The van der Waals surface area contributed by atoms with E-state index in [1.165, 1.54) is 18.2 Å². The molecule has 0 unspecified atom stereocenters. The maximum atomic E-state index is 11.4. The second kappa shape index (κ2) is 5.35. The van der Waals surface area contributed by atoms with Gasteiger partial charge in [0.05, 0.1) is 13.0 Å². The Kier molecular flexibility index (Phi) is 3.82. The fourth-order valence-electron chi connectivity index (χ4n) is 2.67. The van der Waals surface area contributed by atoms with Gasteiger partial charge in [-0.2, -0.15) is 0 Å². The molecular weight excluding hydrogens is 212 g/mol. The molecule has 0 radical (unpaired) electrons. The molecule has 0 saturated heterocycles. The summed E-state index contributed by atoms with van der Waals surface area (Å²) in [5, 5.41) is 0. The van der Waals surface area contributed by atoms with Crippen LogP contribution in [0.3, 0.4) is 0 Å². The molecule has 1 aromatic carbocycles. The lowest BCUT2D eigenvalue weighted by Gasteiger charge is -2.27. The van der Waals surface area contributed by atoms with Crippen LogP contribution >= 0.6 is 0 Å². The van der Waals surface area contributed by atoms with E-state index in [1.807, 2.05) is 0 Å². The Labute approximate surface area is 103 Å². The Morgan fingerprint density at radius 1 is 1.12 bits per heavy atom. The van der Waals surface area contributed by atoms with E-state index >= 15 is 0 Å². The molecule has 2 heteroatoms. The largest absolute Gasteiger partial charge is 0.469 e. The highest BCUT2D eigenvalue weighted by atomic mass is 16.5. The number of ether oxygens (including phenoxy) is 1. The molecule has 17 heavy (non-hydrogen) atoms. The van der Waals surface area contributed by atoms with Crippen molar-refractivity contribution in [3.8, 4) is 0 Å². The van der Waals surface area contributed by atoms with Crippen LogP contribution in [0.1, 0.15) is 42.7 Å². The highest BCUT2D eigenvalue weighted by molar-refractivity contribution is 5.72. The second-order valence-corrected chi connectivity index (χ2v) is 4.98. The highest BCUT2D eigenvalue weighted by Crippen LogP contribution is 2.36. The predicted molar refractivity (Wildman–Crippen MR) is 67.9 cm³/mol. The Morgan fingerprint density at radius 3 is 2.24 bits per heavy atom. The minimum atomic E-state index is -0.0349. The van der Waals surface area contributed by atoms with Gasteiger partial charge in [-0.25, -0.2) is 0 Å². The van der Waals surface area contributed by atoms with Crippen LogP contribution in [0.4, 0.5) is 0 Å². The van der Waals surface area contributed by atoms with Crippen LogP contribution in [0.5, 0.6) is 0 Å². The van der Waals surface area contributed by atoms with Crippen molar-refractivity contribution >= 4 is 5.97 Å². The van der Waals surface area contributed by atoms with Crippen molar-refractivity contribution in [2.75, 3.05) is 7.11 Å². The summed E-state index contributed by atoms with van der Waals surface area (Å²) >= 11 is 0. The molecule has 0 heterocycles. The summed E-state index contributed by atoms with van der Waals surface area (Å²) < 4.78 is 4.81. The van der Waals surface area contributed by atoms with Gasteiger partial charge in [0.2, 0.25) is 0 Å². The molecule has 1 aliphatic rings. The molecule has 0 aromatic heterocycles. The summed E-state index contributed by atoms with van der Waals surface area (Å²) in [5.41, 5.74) is 2.72. The molecule has 0 aliphatic heterocycles. The number of carbonyl (C=O) groups excluding carboxylic acids is 1. The van der Waals surface area contributed by atoms with E-state index in [2.05, 4.69) is 31.2 Å². The lowest BCUT2D eigenvalue weighted by Crippen LogP contribution is -2.22. The van der Waals surface area contributed by atoms with Gasteiger partial charge in [0, 0.05) is 0 Å². The summed E-state index contributed by atoms with van der Waals surface area (Å²) in [6.07, 6.45) is 4.13. The van der Waals surface area contributed by atoms with E-state index in [1.54, 1.807) is 0 Å². The van der Waals surface area contributed by atoms with Crippen LogP contribution in [0, 0.1) is 12.8 Å². The first-order valence-corrected chi connectivity index (χ1v) is 6.35. The van der Waals surface area contributed by atoms with E-state index < -0.39 is 0 Å². The fourth-order valence-corrected chi connectivity index (χ4v) is 2.67. The summed E-state index contributed by atoms with van der Waals surface area (Å²) in [4.78, 5) is 11.4. The zero-order chi connectivity index (χ0) is 12.3. The van der Waals surface area contributed by atoms with Gasteiger partial charge in [-0.1, -0.05) is 29.8 Å². The molecule has 0 bridgehead atoms. The topological polar surface area (TPSA) is 26.3 Å². The van der Waals surface area contributed by atoms with Crippen molar-refractivity contribution in [2.24, 2.45) is 5.92 Å². The van der Waals surface area contributed by atoms with Crippen LogP contribution in [0.2, 0.25) is 0 Å². The SMILES string of the molecule is COC(=O)C1CCC(c2ccc(C)cc2)CC1. The number of esters is 1. The first-order chi connectivity index (χ1) is 8.20. The number of methoxy groups -OCH3 is 1. The Hall–Kier alpha value is -1.31. The molecule has 92 valence electrons. The van der Waals surface area contributed by atoms with Gasteiger partial charge in [-0.15, -0.1) is 0 Å². The first-order valence-electron chi connectivity index (χ1n) is 6.35. The maximum absolute atomic E-state index is 11.4. The summed E-state index contributed by atoms with van der Waals surface area (Å²) in [7, 11) is 1.48. The Bertz CT molecular complexity index is 372. The van der Waals surface area contributed by atoms with Crippen molar-refractivity contribution in [3.05, 3.63) is 35.4 Å². The average Bonchev–Trinajstić information content (AvgIpc) is 2.39. The molecule has 1 saturated carbocycles. The van der Waals surface area contributed by atoms with Gasteiger partial charge in [0.25, 0.3) is 0 Å². The van der Waals surface area contributed by atoms with Crippen molar-refractivity contribution in [3.63, 3.8) is 0 Å². The minimum absolute atomic E-state index is 0.0349. The smallest absolute Gasteiger partial charge is 0.308 e. The molecule has 0 spiro atoms. The van der Waals surface area contributed by atoms with Gasteiger partial charge in [0.15, 0.2) is 0 Å². The van der Waals surface area contributed by atoms with E-state index in [-0.39, 0.29) is 11.9 Å². The van der Waals surface area contributed by atoms with Crippen LogP contribution in [0.15, 0.2) is 24.3 Å². The van der Waals surface area contributed by atoms with Crippen LogP contribution in [-0.4, -0.2) is 13.1 Å². The Morgan fingerprint density at radius 2 is 1.71 bits per heavy atom. The quantitative estimate of drug-likeness (QED) is 0.730. The lowest BCUT2D eigenvalue weighted by atomic mass is 9.78. The molecule has 2 rings (SSSR count). The number of carbonyl (C=O) groups is 1. The van der Waals surface area contributed by atoms with Crippen molar-refractivity contribution in [2.45, 2.75) is 38.5 Å². The van der Waals surface area contributed by atoms with Gasteiger partial charge in [-0.05, 0) is 44.1 Å².